The van der Waals surface area contributed by atoms with Gasteiger partial charge in [-0.05, 0) is 79.8 Å². The molecule has 3 aromatic carbocycles. The summed E-state index contributed by atoms with van der Waals surface area (Å²) in [4.78, 5) is 15.9. The number of carbonyl (C=O) groups is 1. The zero-order chi connectivity index (χ0) is 21.3. The first kappa shape index (κ1) is 20.7. The molecule has 148 valence electrons. The van der Waals surface area contributed by atoms with Crippen LogP contribution < -0.4 is 0 Å². The maximum Gasteiger partial charge on any atom is 0.222 e. The van der Waals surface area contributed by atoms with E-state index in [2.05, 4.69) is 4.85 Å². The van der Waals surface area contributed by atoms with E-state index in [0.717, 1.165) is 27.5 Å². The molecule has 0 aliphatic heterocycles. The fourth-order valence-electron chi connectivity index (χ4n) is 3.61. The third kappa shape index (κ3) is 4.21. The normalized spacial score (nSPS) is 12.6. The number of fused-ring (bicyclic) bond motifs is 1. The van der Waals surface area contributed by atoms with Gasteiger partial charge in [0.05, 0.1) is 12.2 Å². The second-order valence-corrected chi connectivity index (χ2v) is 8.20. The first-order valence-corrected chi connectivity index (χ1v) is 9.50. The summed E-state index contributed by atoms with van der Waals surface area (Å²) in [5, 5.41) is 1.94. The largest absolute Gasteiger partial charge is 0.360 e. The smallest absolute Gasteiger partial charge is 0.222 e. The van der Waals surface area contributed by atoms with Gasteiger partial charge in [0.2, 0.25) is 5.69 Å². The van der Waals surface area contributed by atoms with Crippen LogP contribution >= 0.6 is 0 Å². The monoisotopic (exact) mass is 389 g/mol. The number of ketones is 1. The van der Waals surface area contributed by atoms with E-state index in [1.54, 1.807) is 12.1 Å². The van der Waals surface area contributed by atoms with Gasteiger partial charge in [0.25, 0.3) is 0 Å². The van der Waals surface area contributed by atoms with E-state index < -0.39 is 17.5 Å². The molecule has 0 amide bonds. The average Bonchev–Trinajstić information content (AvgIpc) is 2.65. The molecule has 0 saturated carbocycles. The van der Waals surface area contributed by atoms with Gasteiger partial charge in [-0.15, -0.1) is 0 Å². The summed E-state index contributed by atoms with van der Waals surface area (Å²) in [6, 6.07) is 14.4. The van der Waals surface area contributed by atoms with Gasteiger partial charge in [0.1, 0.15) is 11.9 Å². The summed E-state index contributed by atoms with van der Waals surface area (Å²) in [6.45, 7) is 16.5. The third-order valence-electron chi connectivity index (χ3n) is 4.75. The fourth-order valence-corrected chi connectivity index (χ4v) is 3.61. The van der Waals surface area contributed by atoms with Crippen LogP contribution in [0.25, 0.3) is 26.7 Å². The van der Waals surface area contributed by atoms with Crippen LogP contribution in [0.2, 0.25) is 0 Å². The third-order valence-corrected chi connectivity index (χ3v) is 4.75. The van der Waals surface area contributed by atoms with Crippen molar-refractivity contribution in [3.05, 3.63) is 76.9 Å². The molecule has 4 heteroatoms. The van der Waals surface area contributed by atoms with E-state index in [4.69, 9.17) is 11.3 Å². The number of Topliss-reactive ketones (excluding diaryl/α,β-unsaturated/α-hetero) is 1. The van der Waals surface area contributed by atoms with Gasteiger partial charge < -0.3 is 4.74 Å². The molecule has 0 unspecified atom stereocenters. The van der Waals surface area contributed by atoms with Crippen molar-refractivity contribution in [2.45, 2.75) is 46.3 Å². The molecule has 1 atom stereocenters. The Morgan fingerprint density at radius 3 is 2.45 bits per heavy atom. The van der Waals surface area contributed by atoms with Crippen molar-refractivity contribution in [1.29, 1.82) is 0 Å². The quantitative estimate of drug-likeness (QED) is 0.452. The van der Waals surface area contributed by atoms with Crippen molar-refractivity contribution in [3.8, 4) is 11.1 Å². The minimum absolute atomic E-state index is 0.0462. The molecule has 0 fully saturated rings. The highest BCUT2D eigenvalue weighted by Gasteiger charge is 2.29. The van der Waals surface area contributed by atoms with Crippen LogP contribution in [-0.4, -0.2) is 11.4 Å². The van der Waals surface area contributed by atoms with E-state index in [0.29, 0.717) is 5.56 Å². The first-order chi connectivity index (χ1) is 13.6. The number of carbonyl (C=O) groups excluding carboxylic acids is 1. The minimum atomic E-state index is -0.768. The molecule has 0 saturated heterocycles. The molecule has 3 nitrogen and oxygen atoms in total. The molecular formula is C25H24FNO2. The Hall–Kier alpha value is -3.03. The van der Waals surface area contributed by atoms with Crippen molar-refractivity contribution in [2.75, 3.05) is 0 Å². The van der Waals surface area contributed by atoms with Gasteiger partial charge in [-0.25, -0.2) is 9.24 Å². The van der Waals surface area contributed by atoms with E-state index >= 15 is 0 Å². The summed E-state index contributed by atoms with van der Waals surface area (Å²) < 4.78 is 20.2. The summed E-state index contributed by atoms with van der Waals surface area (Å²) in [6.07, 6.45) is -0.768. The Morgan fingerprint density at radius 2 is 1.83 bits per heavy atom. The van der Waals surface area contributed by atoms with Crippen molar-refractivity contribution < 1.29 is 13.9 Å². The number of hydrogen-bond acceptors (Lipinski definition) is 2. The van der Waals surface area contributed by atoms with Crippen molar-refractivity contribution in [2.24, 2.45) is 0 Å². The molecular weight excluding hydrogens is 365 g/mol. The number of hydrogen-bond donors (Lipinski definition) is 0. The van der Waals surface area contributed by atoms with Crippen LogP contribution in [0.4, 0.5) is 10.1 Å². The second-order valence-electron chi connectivity index (χ2n) is 8.20. The summed E-state index contributed by atoms with van der Waals surface area (Å²) in [7, 11) is 0. The Kier molecular flexibility index (Phi) is 5.55. The lowest BCUT2D eigenvalue weighted by Gasteiger charge is -2.29. The zero-order valence-electron chi connectivity index (χ0n) is 17.3. The van der Waals surface area contributed by atoms with Crippen molar-refractivity contribution >= 4 is 22.2 Å². The molecule has 3 aromatic rings. The molecule has 0 radical (unpaired) electrons. The molecule has 0 bridgehead atoms. The number of ether oxygens (including phenoxy) is 1. The molecule has 3 rings (SSSR count). The predicted octanol–water partition coefficient (Wildman–Crippen LogP) is 6.95. The highest BCUT2D eigenvalue weighted by molar-refractivity contribution is 6.01. The highest BCUT2D eigenvalue weighted by atomic mass is 19.1. The zero-order valence-corrected chi connectivity index (χ0v) is 17.3. The fraction of sp³-hybridized carbons (Fsp3) is 0.280. The van der Waals surface area contributed by atoms with E-state index in [-0.39, 0.29) is 11.5 Å². The molecule has 0 aliphatic rings. The predicted molar refractivity (Wildman–Crippen MR) is 115 cm³/mol. The van der Waals surface area contributed by atoms with Gasteiger partial charge in [-0.2, -0.15) is 0 Å². The van der Waals surface area contributed by atoms with Gasteiger partial charge in [0.15, 0.2) is 5.78 Å². The lowest BCUT2D eigenvalue weighted by molar-refractivity contribution is -0.138. The number of aryl methyl sites for hydroxylation is 1. The van der Waals surface area contributed by atoms with Crippen LogP contribution in [0, 0.1) is 19.3 Å². The van der Waals surface area contributed by atoms with Crippen molar-refractivity contribution in [1.82, 2.24) is 0 Å². The second kappa shape index (κ2) is 7.77. The van der Waals surface area contributed by atoms with Gasteiger partial charge in [-0.3, -0.25) is 4.79 Å². The molecule has 0 N–H and O–H groups in total. The van der Waals surface area contributed by atoms with Crippen LogP contribution in [-0.2, 0) is 9.53 Å². The SMILES string of the molecule is [C-]#[N+]c1cc(-c2c([C@H](OC(C)(C)C)C(C)=O)c(C)cc3ccccc23)ccc1F. The minimum Gasteiger partial charge on any atom is -0.360 e. The lowest BCUT2D eigenvalue weighted by atomic mass is 9.86. The van der Waals surface area contributed by atoms with Crippen LogP contribution in [0.15, 0.2) is 48.5 Å². The average molecular weight is 389 g/mol. The van der Waals surface area contributed by atoms with Gasteiger partial charge in [0, 0.05) is 0 Å². The Morgan fingerprint density at radius 1 is 1.14 bits per heavy atom. The number of halogens is 1. The Labute approximate surface area is 170 Å². The van der Waals surface area contributed by atoms with Crippen LogP contribution in [0.5, 0.6) is 0 Å². The summed E-state index contributed by atoms with van der Waals surface area (Å²) in [5.41, 5.74) is 2.59. The first-order valence-electron chi connectivity index (χ1n) is 9.50. The molecule has 0 aliphatic carbocycles. The van der Waals surface area contributed by atoms with Crippen LogP contribution in [0.1, 0.15) is 44.9 Å². The Balaban J connectivity index is 2.42. The van der Waals surface area contributed by atoms with Gasteiger partial charge in [-0.1, -0.05) is 36.4 Å². The maximum absolute atomic E-state index is 14.0. The number of benzene rings is 3. The lowest BCUT2D eigenvalue weighted by Crippen LogP contribution is -2.27. The van der Waals surface area contributed by atoms with E-state index in [9.17, 15) is 9.18 Å². The standard InChI is InChI=1S/C25H24FNO2/c1-15-13-17-9-7-8-10-19(17)23(18-11-12-20(26)21(14-18)27-6)22(15)24(16(2)28)29-25(3,4)5/h7-14,24H,1-5H3/t24-/m1/s1. The summed E-state index contributed by atoms with van der Waals surface area (Å²) >= 11 is 0. The molecule has 0 heterocycles. The number of nitrogens with zero attached hydrogens (tertiary/aromatic N) is 1. The van der Waals surface area contributed by atoms with Gasteiger partial charge >= 0.3 is 0 Å². The highest BCUT2D eigenvalue weighted by Crippen LogP contribution is 2.41. The topological polar surface area (TPSA) is 30.7 Å². The molecule has 0 spiro atoms. The van der Waals surface area contributed by atoms with E-state index in [1.807, 2.05) is 58.0 Å². The maximum atomic E-state index is 14.0. The van der Waals surface area contributed by atoms with Crippen molar-refractivity contribution in [3.63, 3.8) is 0 Å². The summed E-state index contributed by atoms with van der Waals surface area (Å²) in [5.74, 6) is -0.664. The number of rotatable bonds is 4. The molecule has 0 aromatic heterocycles. The van der Waals surface area contributed by atoms with Crippen LogP contribution in [0.3, 0.4) is 0 Å². The molecule has 29 heavy (non-hydrogen) atoms. The Bertz CT molecular complexity index is 1140. The van der Waals surface area contributed by atoms with E-state index in [1.165, 1.54) is 13.0 Å².